The molecule has 3 aromatic rings. The molecule has 3 N–H and O–H groups in total. The molecule has 0 bridgehead atoms. The van der Waals surface area contributed by atoms with E-state index in [9.17, 15) is 18.3 Å². The molecule has 3 atom stereocenters. The minimum Gasteiger partial charge on any atom is -0.478 e. The van der Waals surface area contributed by atoms with Crippen LogP contribution in [0, 0.1) is 5.92 Å². The first-order chi connectivity index (χ1) is 15.8. The van der Waals surface area contributed by atoms with Crippen LogP contribution in [-0.4, -0.2) is 19.5 Å². The zero-order chi connectivity index (χ0) is 23.2. The molecule has 1 aliphatic heterocycles. The predicted molar refractivity (Wildman–Crippen MR) is 131 cm³/mol. The highest BCUT2D eigenvalue weighted by atomic mass is 79.9. The minimum absolute atomic E-state index is 0.00342. The molecule has 0 radical (unpaired) electrons. The van der Waals surface area contributed by atoms with Crippen LogP contribution in [-0.2, 0) is 10.0 Å². The molecule has 168 valence electrons. The Labute approximate surface area is 200 Å². The monoisotopic (exact) mass is 524 g/mol. The van der Waals surface area contributed by atoms with Crippen LogP contribution in [0.3, 0.4) is 0 Å². The van der Waals surface area contributed by atoms with E-state index in [0.29, 0.717) is 5.69 Å². The van der Waals surface area contributed by atoms with Crippen molar-refractivity contribution in [3.05, 3.63) is 100 Å². The summed E-state index contributed by atoms with van der Waals surface area (Å²) >= 11 is 3.35. The lowest BCUT2D eigenvalue weighted by molar-refractivity contribution is 0.0697. The number of halogens is 1. The van der Waals surface area contributed by atoms with Crippen molar-refractivity contribution >= 4 is 43.3 Å². The molecule has 1 aliphatic carbocycles. The van der Waals surface area contributed by atoms with Gasteiger partial charge in [-0.05, 0) is 78.1 Å². The van der Waals surface area contributed by atoms with Crippen molar-refractivity contribution < 1.29 is 18.3 Å². The zero-order valence-corrected chi connectivity index (χ0v) is 19.8. The average molecular weight is 525 g/mol. The fourth-order valence-corrected chi connectivity index (χ4v) is 5.99. The number of fused-ring (bicyclic) bond motifs is 3. The fraction of sp³-hybridized carbons (Fsp3) is 0.160. The Balaban J connectivity index is 1.46. The number of anilines is 2. The molecule has 6 nitrogen and oxygen atoms in total. The van der Waals surface area contributed by atoms with Crippen molar-refractivity contribution in [2.24, 2.45) is 5.92 Å². The van der Waals surface area contributed by atoms with Crippen LogP contribution in [0.15, 0.2) is 88.3 Å². The summed E-state index contributed by atoms with van der Waals surface area (Å²) in [6.45, 7) is 0. The smallest absolute Gasteiger partial charge is 0.335 e. The number of nitrogens with one attached hydrogen (secondary N) is 2. The predicted octanol–water partition coefficient (Wildman–Crippen LogP) is 5.77. The maximum atomic E-state index is 13.0. The van der Waals surface area contributed by atoms with E-state index in [1.807, 2.05) is 18.2 Å². The van der Waals surface area contributed by atoms with Gasteiger partial charge in [0.25, 0.3) is 10.0 Å². The third kappa shape index (κ3) is 4.16. The van der Waals surface area contributed by atoms with Crippen LogP contribution in [0.1, 0.15) is 39.9 Å². The molecule has 0 aromatic heterocycles. The molecular formula is C25H21BrN2O4S. The SMILES string of the molecule is O=C(O)c1ccc([C@H]2Nc3ccc(S(=O)(=O)Nc4ccc(Br)cc4)cc3[C@H]3C=CC[C@H]32)cc1. The summed E-state index contributed by atoms with van der Waals surface area (Å²) in [5.74, 6) is -0.659. The number of carbonyl (C=O) groups is 1. The summed E-state index contributed by atoms with van der Waals surface area (Å²) in [5.41, 5.74) is 3.60. The summed E-state index contributed by atoms with van der Waals surface area (Å²) in [4.78, 5) is 11.4. The molecule has 0 unspecified atom stereocenters. The molecule has 0 saturated carbocycles. The van der Waals surface area contributed by atoms with E-state index in [2.05, 4.69) is 38.1 Å². The van der Waals surface area contributed by atoms with Crippen molar-refractivity contribution in [1.82, 2.24) is 0 Å². The summed E-state index contributed by atoms with van der Waals surface area (Å²) in [7, 11) is -3.74. The van der Waals surface area contributed by atoms with Crippen LogP contribution in [0.4, 0.5) is 11.4 Å². The molecule has 1 heterocycles. The molecule has 0 fully saturated rings. The zero-order valence-electron chi connectivity index (χ0n) is 17.4. The maximum absolute atomic E-state index is 13.0. The Morgan fingerprint density at radius 3 is 2.45 bits per heavy atom. The first kappa shape index (κ1) is 21.7. The van der Waals surface area contributed by atoms with Crippen molar-refractivity contribution in [1.29, 1.82) is 0 Å². The van der Waals surface area contributed by atoms with Crippen LogP contribution < -0.4 is 10.0 Å². The van der Waals surface area contributed by atoms with Crippen molar-refractivity contribution in [3.63, 3.8) is 0 Å². The molecule has 0 amide bonds. The van der Waals surface area contributed by atoms with Crippen LogP contribution in [0.25, 0.3) is 0 Å². The standard InChI is InChI=1S/C25H21BrN2O4S/c26-17-8-10-18(11-9-17)28-33(31,32)19-12-13-23-22(14-19)20-2-1-3-21(20)24(27-23)15-4-6-16(7-5-15)25(29)30/h1-2,4-14,20-21,24,27-28H,3H2,(H,29,30)/t20-,21+,24+/m0/s1. The van der Waals surface area contributed by atoms with Crippen molar-refractivity contribution in [2.45, 2.75) is 23.3 Å². The molecule has 2 aliphatic rings. The molecular weight excluding hydrogens is 504 g/mol. The second kappa shape index (κ2) is 8.35. The lowest BCUT2D eigenvalue weighted by Crippen LogP contribution is -2.29. The van der Waals surface area contributed by atoms with Crippen LogP contribution >= 0.6 is 15.9 Å². The van der Waals surface area contributed by atoms with Gasteiger partial charge in [0.2, 0.25) is 0 Å². The summed E-state index contributed by atoms with van der Waals surface area (Å²) in [5, 5.41) is 12.7. The highest BCUT2D eigenvalue weighted by Gasteiger charge is 2.38. The van der Waals surface area contributed by atoms with Gasteiger partial charge in [0.15, 0.2) is 0 Å². The van der Waals surface area contributed by atoms with E-state index < -0.39 is 16.0 Å². The molecule has 0 spiro atoms. The molecule has 5 rings (SSSR count). The van der Waals surface area contributed by atoms with Crippen molar-refractivity contribution in [3.8, 4) is 0 Å². The third-order valence-electron chi connectivity index (χ3n) is 6.26. The second-order valence-corrected chi connectivity index (χ2v) is 10.9. The van der Waals surface area contributed by atoms with Gasteiger partial charge >= 0.3 is 5.97 Å². The van der Waals surface area contributed by atoms with Gasteiger partial charge < -0.3 is 10.4 Å². The Bertz CT molecular complexity index is 1350. The largest absolute Gasteiger partial charge is 0.478 e. The Kier molecular flexibility index (Phi) is 5.50. The first-order valence-electron chi connectivity index (χ1n) is 10.5. The van der Waals surface area contributed by atoms with Gasteiger partial charge in [-0.2, -0.15) is 0 Å². The number of aromatic carboxylic acids is 1. The topological polar surface area (TPSA) is 95.5 Å². The second-order valence-electron chi connectivity index (χ2n) is 8.26. The molecule has 3 aromatic carbocycles. The number of sulfonamides is 1. The number of carboxylic acid groups (broad SMARTS) is 1. The van der Waals surface area contributed by atoms with Crippen LogP contribution in [0.2, 0.25) is 0 Å². The Morgan fingerprint density at radius 1 is 1.03 bits per heavy atom. The van der Waals surface area contributed by atoms with Crippen LogP contribution in [0.5, 0.6) is 0 Å². The Hall–Kier alpha value is -3.10. The van der Waals surface area contributed by atoms with Crippen molar-refractivity contribution in [2.75, 3.05) is 10.0 Å². The van der Waals surface area contributed by atoms with E-state index in [4.69, 9.17) is 0 Å². The number of rotatable bonds is 5. The normalized spacial score (nSPS) is 21.1. The minimum atomic E-state index is -3.74. The third-order valence-corrected chi connectivity index (χ3v) is 8.17. The van der Waals surface area contributed by atoms with Gasteiger partial charge in [0.1, 0.15) is 0 Å². The molecule has 33 heavy (non-hydrogen) atoms. The highest BCUT2D eigenvalue weighted by molar-refractivity contribution is 9.10. The van der Waals surface area contributed by atoms with E-state index in [-0.39, 0.29) is 28.3 Å². The van der Waals surface area contributed by atoms with Gasteiger partial charge in [-0.3, -0.25) is 4.72 Å². The average Bonchev–Trinajstić information content (AvgIpc) is 3.30. The summed E-state index contributed by atoms with van der Waals surface area (Å²) < 4.78 is 29.6. The number of hydrogen-bond acceptors (Lipinski definition) is 4. The number of carboxylic acids is 1. The van der Waals surface area contributed by atoms with Gasteiger partial charge in [-0.15, -0.1) is 0 Å². The summed E-state index contributed by atoms with van der Waals surface area (Å²) in [6.07, 6.45) is 5.13. The van der Waals surface area contributed by atoms with Gasteiger partial charge in [0, 0.05) is 21.8 Å². The Morgan fingerprint density at radius 2 is 1.76 bits per heavy atom. The number of benzene rings is 3. The van der Waals surface area contributed by atoms with E-state index in [1.165, 1.54) is 0 Å². The van der Waals surface area contributed by atoms with Gasteiger partial charge in [0.05, 0.1) is 16.5 Å². The van der Waals surface area contributed by atoms with Gasteiger partial charge in [-0.25, -0.2) is 13.2 Å². The van der Waals surface area contributed by atoms with E-state index in [0.717, 1.165) is 27.7 Å². The lowest BCUT2D eigenvalue weighted by atomic mass is 9.77. The number of hydrogen-bond donors (Lipinski definition) is 3. The molecule has 8 heteroatoms. The highest BCUT2D eigenvalue weighted by Crippen LogP contribution is 2.50. The fourth-order valence-electron chi connectivity index (χ4n) is 4.63. The van der Waals surface area contributed by atoms with E-state index >= 15 is 0 Å². The summed E-state index contributed by atoms with van der Waals surface area (Å²) in [6, 6.07) is 19.1. The number of allylic oxidation sites excluding steroid dienone is 2. The maximum Gasteiger partial charge on any atom is 0.335 e. The first-order valence-corrected chi connectivity index (χ1v) is 12.8. The quantitative estimate of drug-likeness (QED) is 0.368. The van der Waals surface area contributed by atoms with E-state index in [1.54, 1.807) is 48.5 Å². The van der Waals surface area contributed by atoms with Gasteiger partial charge in [-0.1, -0.05) is 40.2 Å². The molecule has 0 saturated heterocycles. The lowest BCUT2D eigenvalue weighted by Gasteiger charge is -2.37.